The van der Waals surface area contributed by atoms with Crippen LogP contribution in [-0.4, -0.2) is 10.8 Å². The topological polar surface area (TPSA) is 30.0 Å². The fourth-order valence-electron chi connectivity index (χ4n) is 2.96. The lowest BCUT2D eigenvalue weighted by atomic mass is 9.95. The Balaban J connectivity index is 1.94. The van der Waals surface area contributed by atoms with Gasteiger partial charge in [-0.3, -0.25) is 9.78 Å². The second-order valence-electron chi connectivity index (χ2n) is 5.80. The molecule has 0 N–H and O–H groups in total. The first-order chi connectivity index (χ1) is 12.2. The molecule has 0 fully saturated rings. The Morgan fingerprint density at radius 3 is 2.44 bits per heavy atom. The highest BCUT2D eigenvalue weighted by molar-refractivity contribution is 14.1. The minimum atomic E-state index is 0.0261. The highest BCUT2D eigenvalue weighted by Crippen LogP contribution is 2.30. The number of carbonyl (C=O) groups is 1. The monoisotopic (exact) mass is 435 g/mol. The quantitative estimate of drug-likeness (QED) is 0.304. The highest BCUT2D eigenvalue weighted by Gasteiger charge is 2.14. The summed E-state index contributed by atoms with van der Waals surface area (Å²) in [5.74, 6) is 0.0261. The molecule has 1 heterocycles. The lowest BCUT2D eigenvalue weighted by Gasteiger charge is -2.10. The molecule has 0 spiro atoms. The van der Waals surface area contributed by atoms with Gasteiger partial charge in [-0.1, -0.05) is 48.5 Å². The van der Waals surface area contributed by atoms with E-state index < -0.39 is 0 Å². The maximum absolute atomic E-state index is 12.9. The van der Waals surface area contributed by atoms with Gasteiger partial charge in [0.1, 0.15) is 0 Å². The van der Waals surface area contributed by atoms with E-state index in [9.17, 15) is 4.79 Å². The van der Waals surface area contributed by atoms with Crippen molar-refractivity contribution in [1.82, 2.24) is 4.98 Å². The molecule has 0 amide bonds. The SMILES string of the molecule is O=C(c1ccccc1)c1cc(-c2cccc(I)c2)c2ncccc2c1. The van der Waals surface area contributed by atoms with Crippen LogP contribution in [0.25, 0.3) is 22.0 Å². The van der Waals surface area contributed by atoms with Crippen LogP contribution in [0.3, 0.4) is 0 Å². The summed E-state index contributed by atoms with van der Waals surface area (Å²) in [6.45, 7) is 0. The number of aromatic nitrogens is 1. The van der Waals surface area contributed by atoms with Crippen LogP contribution in [0.2, 0.25) is 0 Å². The third-order valence-corrected chi connectivity index (χ3v) is 4.81. The van der Waals surface area contributed by atoms with E-state index in [4.69, 9.17) is 0 Å². The lowest BCUT2D eigenvalue weighted by Crippen LogP contribution is -2.02. The number of ketones is 1. The van der Waals surface area contributed by atoms with Crippen LogP contribution in [0.4, 0.5) is 0 Å². The molecule has 3 heteroatoms. The van der Waals surface area contributed by atoms with E-state index in [0.717, 1.165) is 25.6 Å². The van der Waals surface area contributed by atoms with Crippen molar-refractivity contribution in [2.75, 3.05) is 0 Å². The molecule has 1 aromatic heterocycles. The van der Waals surface area contributed by atoms with Crippen molar-refractivity contribution in [2.45, 2.75) is 0 Å². The normalized spacial score (nSPS) is 10.8. The van der Waals surface area contributed by atoms with Crippen molar-refractivity contribution in [2.24, 2.45) is 0 Å². The molecule has 0 aliphatic rings. The third kappa shape index (κ3) is 3.20. The van der Waals surface area contributed by atoms with Crippen LogP contribution in [-0.2, 0) is 0 Å². The number of pyridine rings is 1. The van der Waals surface area contributed by atoms with E-state index in [-0.39, 0.29) is 5.78 Å². The first-order valence-corrected chi connectivity index (χ1v) is 9.05. The van der Waals surface area contributed by atoms with Crippen LogP contribution >= 0.6 is 22.6 Å². The van der Waals surface area contributed by atoms with Crippen molar-refractivity contribution in [3.8, 4) is 11.1 Å². The maximum atomic E-state index is 12.9. The lowest BCUT2D eigenvalue weighted by molar-refractivity contribution is 0.103. The zero-order valence-corrected chi connectivity index (χ0v) is 15.5. The van der Waals surface area contributed by atoms with E-state index in [1.54, 1.807) is 6.20 Å². The number of carbonyl (C=O) groups excluding carboxylic acids is 1. The molecule has 0 bridgehead atoms. The van der Waals surface area contributed by atoms with Crippen LogP contribution in [0.5, 0.6) is 0 Å². The van der Waals surface area contributed by atoms with Gasteiger partial charge in [0.2, 0.25) is 0 Å². The first kappa shape index (κ1) is 16.0. The van der Waals surface area contributed by atoms with Gasteiger partial charge < -0.3 is 0 Å². The number of halogens is 1. The maximum Gasteiger partial charge on any atom is 0.193 e. The summed E-state index contributed by atoms with van der Waals surface area (Å²) in [5, 5.41) is 0.971. The van der Waals surface area contributed by atoms with Crippen molar-refractivity contribution in [3.63, 3.8) is 0 Å². The zero-order chi connectivity index (χ0) is 17.2. The Hall–Kier alpha value is -2.53. The van der Waals surface area contributed by atoms with Crippen LogP contribution in [0.15, 0.2) is 85.1 Å². The van der Waals surface area contributed by atoms with Gasteiger partial charge in [-0.05, 0) is 58.5 Å². The molecule has 2 nitrogen and oxygen atoms in total. The number of benzene rings is 3. The van der Waals surface area contributed by atoms with Gasteiger partial charge in [0.05, 0.1) is 5.52 Å². The minimum Gasteiger partial charge on any atom is -0.289 e. The predicted molar refractivity (Wildman–Crippen MR) is 110 cm³/mol. The number of fused-ring (bicyclic) bond motifs is 1. The molecule has 4 aromatic rings. The average Bonchev–Trinajstić information content (AvgIpc) is 2.67. The second kappa shape index (κ2) is 6.76. The van der Waals surface area contributed by atoms with Crippen molar-refractivity contribution in [1.29, 1.82) is 0 Å². The van der Waals surface area contributed by atoms with Gasteiger partial charge in [-0.15, -0.1) is 0 Å². The molecule has 0 aliphatic carbocycles. The molecule has 25 heavy (non-hydrogen) atoms. The molecule has 0 unspecified atom stereocenters. The summed E-state index contributed by atoms with van der Waals surface area (Å²) < 4.78 is 1.15. The van der Waals surface area contributed by atoms with Gasteiger partial charge in [-0.25, -0.2) is 0 Å². The summed E-state index contributed by atoms with van der Waals surface area (Å²) in [5.41, 5.74) is 4.34. The summed E-state index contributed by atoms with van der Waals surface area (Å²) in [6.07, 6.45) is 1.79. The Morgan fingerprint density at radius 2 is 1.64 bits per heavy atom. The second-order valence-corrected chi connectivity index (χ2v) is 7.05. The van der Waals surface area contributed by atoms with Gasteiger partial charge in [-0.2, -0.15) is 0 Å². The number of rotatable bonds is 3. The van der Waals surface area contributed by atoms with E-state index in [2.05, 4.69) is 45.8 Å². The highest BCUT2D eigenvalue weighted by atomic mass is 127. The van der Waals surface area contributed by atoms with E-state index >= 15 is 0 Å². The largest absolute Gasteiger partial charge is 0.289 e. The molecule has 0 saturated carbocycles. The summed E-state index contributed by atoms with van der Waals surface area (Å²) in [4.78, 5) is 17.5. The third-order valence-electron chi connectivity index (χ3n) is 4.14. The number of hydrogen-bond acceptors (Lipinski definition) is 2. The minimum absolute atomic E-state index is 0.0261. The van der Waals surface area contributed by atoms with Gasteiger partial charge in [0.25, 0.3) is 0 Å². The van der Waals surface area contributed by atoms with E-state index in [1.165, 1.54) is 0 Å². The Bertz CT molecular complexity index is 1070. The molecular formula is C22H14INO. The zero-order valence-electron chi connectivity index (χ0n) is 13.3. The van der Waals surface area contributed by atoms with Crippen molar-refractivity contribution >= 4 is 39.3 Å². The predicted octanol–water partition coefficient (Wildman–Crippen LogP) is 5.74. The van der Waals surface area contributed by atoms with Gasteiger partial charge >= 0.3 is 0 Å². The van der Waals surface area contributed by atoms with Crippen molar-refractivity contribution < 1.29 is 4.79 Å². The van der Waals surface area contributed by atoms with Crippen molar-refractivity contribution in [3.05, 3.63) is 99.8 Å². The van der Waals surface area contributed by atoms with Crippen LogP contribution < -0.4 is 0 Å². The molecular weight excluding hydrogens is 421 g/mol. The van der Waals surface area contributed by atoms with Gasteiger partial charge in [0, 0.05) is 31.8 Å². The first-order valence-electron chi connectivity index (χ1n) is 7.97. The van der Waals surface area contributed by atoms with Gasteiger partial charge in [0.15, 0.2) is 5.78 Å². The van der Waals surface area contributed by atoms with Crippen LogP contribution in [0, 0.1) is 3.57 Å². The molecule has 120 valence electrons. The van der Waals surface area contributed by atoms with E-state index in [1.807, 2.05) is 60.7 Å². The fraction of sp³-hybridized carbons (Fsp3) is 0. The number of nitrogens with zero attached hydrogens (tertiary/aromatic N) is 1. The average molecular weight is 435 g/mol. The van der Waals surface area contributed by atoms with Crippen LogP contribution in [0.1, 0.15) is 15.9 Å². The number of hydrogen-bond donors (Lipinski definition) is 0. The molecule has 0 aliphatic heterocycles. The standard InChI is InChI=1S/C22H14INO/c23-19-10-4-8-16(13-19)20-14-18(12-17-9-5-11-24-21(17)20)22(25)15-6-2-1-3-7-15/h1-14H. The van der Waals surface area contributed by atoms with E-state index in [0.29, 0.717) is 11.1 Å². The Morgan fingerprint density at radius 1 is 0.800 bits per heavy atom. The fourth-order valence-corrected chi connectivity index (χ4v) is 3.50. The molecule has 4 rings (SSSR count). The Labute approximate surface area is 159 Å². The molecule has 0 saturated heterocycles. The molecule has 0 atom stereocenters. The Kier molecular flexibility index (Phi) is 4.32. The molecule has 3 aromatic carbocycles. The molecule has 0 radical (unpaired) electrons. The summed E-state index contributed by atoms with van der Waals surface area (Å²) in [7, 11) is 0. The summed E-state index contributed by atoms with van der Waals surface area (Å²) in [6, 6.07) is 25.4. The summed E-state index contributed by atoms with van der Waals surface area (Å²) >= 11 is 2.30. The smallest absolute Gasteiger partial charge is 0.193 e.